The number of carbonyl (C=O) groups excluding carboxylic acids is 2. The van der Waals surface area contributed by atoms with Gasteiger partial charge in [0.05, 0.1) is 19.2 Å². The van der Waals surface area contributed by atoms with E-state index in [9.17, 15) is 19.1 Å². The number of nitrogens with zero attached hydrogens (tertiary/aromatic N) is 1. The molecule has 0 fully saturated rings. The van der Waals surface area contributed by atoms with Crippen LogP contribution in [-0.2, 0) is 4.79 Å². The normalized spacial score (nSPS) is 10.5. The monoisotopic (exact) mass is 461 g/mol. The first-order chi connectivity index (χ1) is 16.4. The first-order valence-corrected chi connectivity index (χ1v) is 10.2. The molecule has 2 amide bonds. The van der Waals surface area contributed by atoms with Gasteiger partial charge in [-0.15, -0.1) is 0 Å². The fourth-order valence-electron chi connectivity index (χ4n) is 3.23. The minimum absolute atomic E-state index is 0.0741. The summed E-state index contributed by atoms with van der Waals surface area (Å²) in [5.74, 6) is -1.22. The summed E-state index contributed by atoms with van der Waals surface area (Å²) in [5, 5.41) is 15.5. The number of phenols is 1. The van der Waals surface area contributed by atoms with Crippen LogP contribution in [0.1, 0.15) is 10.4 Å². The highest BCUT2D eigenvalue weighted by Gasteiger charge is 2.14. The summed E-state index contributed by atoms with van der Waals surface area (Å²) >= 11 is 0. The van der Waals surface area contributed by atoms with Crippen LogP contribution in [0, 0.1) is 5.82 Å². The third kappa shape index (κ3) is 5.04. The number of hydrogen-bond donors (Lipinski definition) is 3. The molecule has 3 N–H and O–H groups in total. The van der Waals surface area contributed by atoms with Crippen LogP contribution in [-0.4, -0.2) is 35.6 Å². The molecule has 0 atom stereocenters. The zero-order valence-electron chi connectivity index (χ0n) is 18.0. The number of amides is 2. The topological polar surface area (TPSA) is 110 Å². The molecule has 9 heteroatoms. The standard InChI is InChI=1S/C25H20FN3O5/c1-33-23-12-17-19(13-20(23)30)27-10-9-21(17)34-22-8-7-16(11-18(22)26)29-24(31)14-28-25(32)15-5-3-2-4-6-15/h2-13,30H,14H2,1H3,(H,28,32)(H,29,31). The number of phenolic OH excluding ortho intramolecular Hbond substituents is 1. The maximum atomic E-state index is 14.7. The van der Waals surface area contributed by atoms with Crippen LogP contribution >= 0.6 is 0 Å². The van der Waals surface area contributed by atoms with Gasteiger partial charge in [0.25, 0.3) is 5.91 Å². The molecule has 34 heavy (non-hydrogen) atoms. The average molecular weight is 461 g/mol. The summed E-state index contributed by atoms with van der Waals surface area (Å²) in [4.78, 5) is 28.4. The van der Waals surface area contributed by atoms with Crippen molar-refractivity contribution in [2.24, 2.45) is 0 Å². The molecule has 172 valence electrons. The van der Waals surface area contributed by atoms with E-state index in [0.717, 1.165) is 6.07 Å². The molecule has 0 bridgehead atoms. The number of fused-ring (bicyclic) bond motifs is 1. The second-order valence-corrected chi connectivity index (χ2v) is 7.19. The quantitative estimate of drug-likeness (QED) is 0.380. The molecular formula is C25H20FN3O5. The van der Waals surface area contributed by atoms with Crippen molar-refractivity contribution in [2.75, 3.05) is 19.0 Å². The lowest BCUT2D eigenvalue weighted by Crippen LogP contribution is -2.32. The Morgan fingerprint density at radius 3 is 2.53 bits per heavy atom. The van der Waals surface area contributed by atoms with Gasteiger partial charge in [0, 0.05) is 35.0 Å². The van der Waals surface area contributed by atoms with Crippen molar-refractivity contribution in [3.8, 4) is 23.0 Å². The fourth-order valence-corrected chi connectivity index (χ4v) is 3.23. The summed E-state index contributed by atoms with van der Waals surface area (Å²) < 4.78 is 25.6. The van der Waals surface area contributed by atoms with E-state index in [2.05, 4.69) is 15.6 Å². The Morgan fingerprint density at radius 1 is 1.00 bits per heavy atom. The molecule has 0 unspecified atom stereocenters. The van der Waals surface area contributed by atoms with Gasteiger partial charge in [-0.2, -0.15) is 0 Å². The highest BCUT2D eigenvalue weighted by Crippen LogP contribution is 2.37. The van der Waals surface area contributed by atoms with Crippen LogP contribution in [0.5, 0.6) is 23.0 Å². The highest BCUT2D eigenvalue weighted by molar-refractivity contribution is 5.99. The zero-order valence-corrected chi connectivity index (χ0v) is 18.0. The summed E-state index contributed by atoms with van der Waals surface area (Å²) in [5.41, 5.74) is 1.08. The van der Waals surface area contributed by atoms with Crippen molar-refractivity contribution in [3.05, 3.63) is 84.3 Å². The number of anilines is 1. The van der Waals surface area contributed by atoms with E-state index in [-0.39, 0.29) is 35.4 Å². The maximum Gasteiger partial charge on any atom is 0.251 e. The Bertz CT molecular complexity index is 1360. The molecule has 0 aliphatic rings. The summed E-state index contributed by atoms with van der Waals surface area (Å²) in [6.07, 6.45) is 1.47. The van der Waals surface area contributed by atoms with E-state index in [1.54, 1.807) is 42.5 Å². The number of pyridine rings is 1. The lowest BCUT2D eigenvalue weighted by atomic mass is 10.2. The van der Waals surface area contributed by atoms with Gasteiger partial charge >= 0.3 is 0 Å². The van der Waals surface area contributed by atoms with Gasteiger partial charge in [0.15, 0.2) is 23.1 Å². The molecule has 4 aromatic rings. The van der Waals surface area contributed by atoms with Gasteiger partial charge in [0.1, 0.15) is 5.75 Å². The Hall–Kier alpha value is -4.66. The van der Waals surface area contributed by atoms with Crippen molar-refractivity contribution < 1.29 is 28.6 Å². The van der Waals surface area contributed by atoms with Crippen LogP contribution in [0.4, 0.5) is 10.1 Å². The number of rotatable bonds is 7. The van der Waals surface area contributed by atoms with Crippen molar-refractivity contribution in [2.45, 2.75) is 0 Å². The number of aromatic hydroxyl groups is 1. The second-order valence-electron chi connectivity index (χ2n) is 7.19. The fraction of sp³-hybridized carbons (Fsp3) is 0.0800. The predicted molar refractivity (Wildman–Crippen MR) is 124 cm³/mol. The van der Waals surface area contributed by atoms with Crippen molar-refractivity contribution in [1.82, 2.24) is 10.3 Å². The Balaban J connectivity index is 1.43. The first kappa shape index (κ1) is 22.5. The predicted octanol–water partition coefficient (Wildman–Crippen LogP) is 4.25. The molecule has 3 aromatic carbocycles. The van der Waals surface area contributed by atoms with E-state index >= 15 is 0 Å². The van der Waals surface area contributed by atoms with Crippen LogP contribution in [0.25, 0.3) is 10.9 Å². The largest absolute Gasteiger partial charge is 0.504 e. The van der Waals surface area contributed by atoms with Crippen LogP contribution in [0.2, 0.25) is 0 Å². The third-order valence-corrected chi connectivity index (χ3v) is 4.88. The maximum absolute atomic E-state index is 14.7. The summed E-state index contributed by atoms with van der Waals surface area (Å²) in [7, 11) is 1.41. The molecule has 0 saturated heterocycles. The summed E-state index contributed by atoms with van der Waals surface area (Å²) in [6.45, 7) is -0.273. The Morgan fingerprint density at radius 2 is 1.79 bits per heavy atom. The lowest BCUT2D eigenvalue weighted by Gasteiger charge is -2.12. The number of benzene rings is 3. The van der Waals surface area contributed by atoms with Gasteiger partial charge in [0.2, 0.25) is 5.91 Å². The molecule has 0 radical (unpaired) electrons. The van der Waals surface area contributed by atoms with E-state index in [1.807, 2.05) is 0 Å². The van der Waals surface area contributed by atoms with Crippen molar-refractivity contribution in [1.29, 1.82) is 0 Å². The Labute approximate surface area is 194 Å². The van der Waals surface area contributed by atoms with E-state index in [4.69, 9.17) is 9.47 Å². The van der Waals surface area contributed by atoms with Crippen LogP contribution in [0.15, 0.2) is 72.9 Å². The van der Waals surface area contributed by atoms with Crippen molar-refractivity contribution >= 4 is 28.4 Å². The molecule has 8 nitrogen and oxygen atoms in total. The van der Waals surface area contributed by atoms with Crippen LogP contribution in [0.3, 0.4) is 0 Å². The smallest absolute Gasteiger partial charge is 0.251 e. The van der Waals surface area contributed by atoms with Gasteiger partial charge in [-0.3, -0.25) is 14.6 Å². The molecule has 1 aromatic heterocycles. The minimum Gasteiger partial charge on any atom is -0.504 e. The average Bonchev–Trinajstić information content (AvgIpc) is 2.84. The number of methoxy groups -OCH3 is 1. The third-order valence-electron chi connectivity index (χ3n) is 4.88. The minimum atomic E-state index is -0.707. The zero-order chi connectivity index (χ0) is 24.1. The molecule has 0 saturated carbocycles. The molecule has 0 aliphatic carbocycles. The molecule has 4 rings (SSSR count). The Kier molecular flexibility index (Phi) is 6.54. The number of ether oxygens (including phenoxy) is 2. The lowest BCUT2D eigenvalue weighted by molar-refractivity contribution is -0.115. The van der Waals surface area contributed by atoms with Crippen molar-refractivity contribution in [3.63, 3.8) is 0 Å². The van der Waals surface area contributed by atoms with E-state index in [0.29, 0.717) is 22.2 Å². The van der Waals surface area contributed by atoms with E-state index < -0.39 is 11.7 Å². The van der Waals surface area contributed by atoms with Crippen LogP contribution < -0.4 is 20.1 Å². The molecular weight excluding hydrogens is 441 g/mol. The first-order valence-electron chi connectivity index (χ1n) is 10.2. The number of halogens is 1. The van der Waals surface area contributed by atoms with Gasteiger partial charge in [-0.1, -0.05) is 18.2 Å². The number of carbonyl (C=O) groups is 2. The number of hydrogen-bond acceptors (Lipinski definition) is 6. The molecule has 1 heterocycles. The number of nitrogens with one attached hydrogen (secondary N) is 2. The number of aromatic nitrogens is 1. The van der Waals surface area contributed by atoms with Gasteiger partial charge in [-0.25, -0.2) is 4.39 Å². The second kappa shape index (κ2) is 9.86. The molecule has 0 aliphatic heterocycles. The summed E-state index contributed by atoms with van der Waals surface area (Å²) in [6, 6.07) is 17.0. The van der Waals surface area contributed by atoms with Gasteiger partial charge in [-0.05, 0) is 36.4 Å². The SMILES string of the molecule is COc1cc2c(Oc3ccc(NC(=O)CNC(=O)c4ccccc4)cc3F)ccnc2cc1O. The van der Waals surface area contributed by atoms with Gasteiger partial charge < -0.3 is 25.2 Å². The van der Waals surface area contributed by atoms with E-state index in [1.165, 1.54) is 31.5 Å². The molecule has 0 spiro atoms. The highest BCUT2D eigenvalue weighted by atomic mass is 19.1.